The Bertz CT molecular complexity index is 721. The van der Waals surface area contributed by atoms with Gasteiger partial charge in [-0.05, 0) is 12.8 Å². The van der Waals surface area contributed by atoms with Gasteiger partial charge in [0, 0.05) is 6.42 Å². The Morgan fingerprint density at radius 3 is 1.71 bits per heavy atom. The van der Waals surface area contributed by atoms with Gasteiger partial charge in [-0.25, -0.2) is 9.13 Å². The largest absolute Gasteiger partial charge is 0.460 e. The summed E-state index contributed by atoms with van der Waals surface area (Å²) in [6.45, 7) is 1.93. The van der Waals surface area contributed by atoms with E-state index in [0.29, 0.717) is 6.54 Å². The van der Waals surface area contributed by atoms with Crippen molar-refractivity contribution in [3.05, 3.63) is 18.7 Å². The summed E-state index contributed by atoms with van der Waals surface area (Å²) in [6, 6.07) is 0. The highest BCUT2D eigenvalue weighted by Gasteiger charge is 2.90. The zero-order valence-electron chi connectivity index (χ0n) is 15.8. The zero-order valence-corrected chi connectivity index (χ0v) is 15.8. The Kier molecular flexibility index (Phi) is 7.65. The highest BCUT2D eigenvalue weighted by molar-refractivity contribution is 5.10. The monoisotopic (exact) mass is 485 g/mol. The molecule has 0 atom stereocenters. The Balaban J connectivity index is 2.99. The van der Waals surface area contributed by atoms with Gasteiger partial charge in [-0.1, -0.05) is 13.3 Å². The lowest BCUT2D eigenvalue weighted by atomic mass is 9.92. The number of hydrogen-bond donors (Lipinski definition) is 0. The summed E-state index contributed by atoms with van der Waals surface area (Å²) in [5.74, 6) is -36.5. The van der Waals surface area contributed by atoms with Gasteiger partial charge in [0.25, 0.3) is 0 Å². The van der Waals surface area contributed by atoms with E-state index in [-0.39, 0.29) is 0 Å². The molecule has 0 amide bonds. The molecule has 1 heterocycles. The van der Waals surface area contributed by atoms with Crippen molar-refractivity contribution in [2.24, 2.45) is 0 Å². The molecule has 0 radical (unpaired) electrons. The first-order valence-electron chi connectivity index (χ1n) is 8.77. The number of nitrogens with zero attached hydrogens (tertiary/aromatic N) is 2. The lowest BCUT2D eigenvalue weighted by molar-refractivity contribution is -0.697. The molecular formula is C16H18F13N2+. The van der Waals surface area contributed by atoms with Crippen molar-refractivity contribution < 1.29 is 61.6 Å². The molecule has 0 unspecified atom stereocenters. The van der Waals surface area contributed by atoms with Gasteiger partial charge in [0.1, 0.15) is 12.4 Å². The second-order valence-electron chi connectivity index (χ2n) is 6.85. The first-order valence-corrected chi connectivity index (χ1v) is 8.77. The number of hydrogen-bond acceptors (Lipinski definition) is 0. The fourth-order valence-electron chi connectivity index (χ4n) is 2.49. The van der Waals surface area contributed by atoms with Gasteiger partial charge in [-0.3, -0.25) is 0 Å². The van der Waals surface area contributed by atoms with E-state index >= 15 is 0 Å². The summed E-state index contributed by atoms with van der Waals surface area (Å²) in [5.41, 5.74) is 0. The van der Waals surface area contributed by atoms with E-state index in [1.807, 2.05) is 6.92 Å². The third kappa shape index (κ3) is 4.89. The first-order chi connectivity index (χ1) is 13.8. The number of aryl methyl sites for hydroxylation is 2. The highest BCUT2D eigenvalue weighted by atomic mass is 19.4. The number of rotatable bonds is 11. The van der Waals surface area contributed by atoms with Gasteiger partial charge < -0.3 is 0 Å². The van der Waals surface area contributed by atoms with Crippen LogP contribution in [-0.4, -0.2) is 40.4 Å². The molecular weight excluding hydrogens is 467 g/mol. The van der Waals surface area contributed by atoms with Crippen molar-refractivity contribution in [2.75, 3.05) is 0 Å². The molecule has 0 aliphatic rings. The van der Waals surface area contributed by atoms with E-state index in [1.54, 1.807) is 4.57 Å². The van der Waals surface area contributed by atoms with Crippen LogP contribution in [0.15, 0.2) is 18.7 Å². The molecule has 0 aromatic carbocycles. The van der Waals surface area contributed by atoms with Crippen LogP contribution in [0.3, 0.4) is 0 Å². The fourth-order valence-corrected chi connectivity index (χ4v) is 2.49. The Hall–Kier alpha value is -1.70. The zero-order chi connectivity index (χ0) is 24.5. The molecule has 1 aromatic rings. The Morgan fingerprint density at radius 1 is 0.710 bits per heavy atom. The van der Waals surface area contributed by atoms with Gasteiger partial charge in [0.15, 0.2) is 0 Å². The smallest absolute Gasteiger partial charge is 0.237 e. The average molecular weight is 485 g/mol. The molecule has 0 saturated carbocycles. The fraction of sp³-hybridized carbons (Fsp3) is 0.812. The maximum Gasteiger partial charge on any atom is 0.460 e. The number of aromatic nitrogens is 2. The molecule has 31 heavy (non-hydrogen) atoms. The van der Waals surface area contributed by atoms with Gasteiger partial charge in [-0.2, -0.15) is 57.1 Å². The van der Waals surface area contributed by atoms with Crippen LogP contribution in [0.25, 0.3) is 0 Å². The standard InChI is InChI=1S/C16H18F13N2/c1-2-3-6-30-8-9-31(10-30)7-4-5-11(17,18)12(19,20)13(21,22)14(23,24)15(25,26)16(27,28)29/h8-10H,2-7H2,1H3/q+1. The minimum Gasteiger partial charge on any atom is -0.237 e. The molecule has 0 aliphatic heterocycles. The second kappa shape index (κ2) is 8.68. The van der Waals surface area contributed by atoms with Crippen molar-refractivity contribution in [3.8, 4) is 0 Å². The first kappa shape index (κ1) is 27.3. The lowest BCUT2D eigenvalue weighted by Crippen LogP contribution is -2.70. The topological polar surface area (TPSA) is 8.81 Å². The maximum atomic E-state index is 13.7. The molecule has 2 nitrogen and oxygen atoms in total. The number of alkyl halides is 13. The molecule has 0 N–H and O–H groups in total. The molecule has 0 aliphatic carbocycles. The van der Waals surface area contributed by atoms with E-state index in [1.165, 1.54) is 23.3 Å². The van der Waals surface area contributed by atoms with E-state index in [0.717, 1.165) is 12.8 Å². The minimum atomic E-state index is -7.85. The quantitative estimate of drug-likeness (QED) is 0.265. The van der Waals surface area contributed by atoms with Crippen LogP contribution in [0, 0.1) is 0 Å². The molecule has 1 aromatic heterocycles. The Labute approximate surface area is 167 Å². The van der Waals surface area contributed by atoms with Crippen LogP contribution in [0.5, 0.6) is 0 Å². The van der Waals surface area contributed by atoms with Crippen molar-refractivity contribution in [3.63, 3.8) is 0 Å². The summed E-state index contributed by atoms with van der Waals surface area (Å²) in [6.07, 6.45) is -4.87. The average Bonchev–Trinajstić information content (AvgIpc) is 3.05. The normalized spacial score (nSPS) is 14.9. The van der Waals surface area contributed by atoms with E-state index in [2.05, 4.69) is 0 Å². The molecule has 0 fully saturated rings. The molecule has 1 rings (SSSR count). The van der Waals surface area contributed by atoms with Gasteiger partial charge >= 0.3 is 35.8 Å². The predicted octanol–water partition coefficient (Wildman–Crippen LogP) is 6.09. The van der Waals surface area contributed by atoms with E-state index in [9.17, 15) is 57.1 Å². The molecule has 0 saturated heterocycles. The van der Waals surface area contributed by atoms with Crippen molar-refractivity contribution >= 4 is 0 Å². The van der Waals surface area contributed by atoms with Crippen LogP contribution < -0.4 is 4.57 Å². The van der Waals surface area contributed by atoms with Gasteiger partial charge in [0.2, 0.25) is 6.33 Å². The lowest BCUT2D eigenvalue weighted by Gasteiger charge is -2.39. The summed E-state index contributed by atoms with van der Waals surface area (Å²) in [4.78, 5) is 0. The number of unbranched alkanes of at least 4 members (excludes halogenated alkanes) is 1. The second-order valence-corrected chi connectivity index (χ2v) is 6.85. The third-order valence-corrected chi connectivity index (χ3v) is 4.42. The van der Waals surface area contributed by atoms with Crippen molar-refractivity contribution in [1.29, 1.82) is 0 Å². The van der Waals surface area contributed by atoms with E-state index in [4.69, 9.17) is 0 Å². The van der Waals surface area contributed by atoms with Gasteiger partial charge in [-0.15, -0.1) is 0 Å². The molecule has 0 bridgehead atoms. The van der Waals surface area contributed by atoms with Crippen molar-refractivity contribution in [1.82, 2.24) is 4.57 Å². The van der Waals surface area contributed by atoms with Crippen LogP contribution in [0.1, 0.15) is 32.6 Å². The van der Waals surface area contributed by atoms with Crippen LogP contribution in [0.4, 0.5) is 57.1 Å². The van der Waals surface area contributed by atoms with Crippen LogP contribution >= 0.6 is 0 Å². The van der Waals surface area contributed by atoms with Crippen LogP contribution in [-0.2, 0) is 13.1 Å². The van der Waals surface area contributed by atoms with Gasteiger partial charge in [0.05, 0.1) is 13.1 Å². The minimum absolute atomic E-state index is 0.467. The van der Waals surface area contributed by atoms with E-state index < -0.39 is 55.2 Å². The Morgan fingerprint density at radius 2 is 1.23 bits per heavy atom. The maximum absolute atomic E-state index is 13.7. The van der Waals surface area contributed by atoms with Crippen LogP contribution in [0.2, 0.25) is 0 Å². The number of imidazole rings is 1. The highest BCUT2D eigenvalue weighted by Crippen LogP contribution is 2.60. The van der Waals surface area contributed by atoms with Crippen molar-refractivity contribution in [2.45, 2.75) is 81.5 Å². The third-order valence-electron chi connectivity index (χ3n) is 4.42. The summed E-state index contributed by atoms with van der Waals surface area (Å²) >= 11 is 0. The molecule has 182 valence electrons. The SMILES string of the molecule is CCCCn1cc[n+](CCCC(F)(F)C(F)(F)C(F)(F)C(F)(F)C(F)(F)C(F)(F)F)c1. The molecule has 0 spiro atoms. The summed E-state index contributed by atoms with van der Waals surface area (Å²) in [7, 11) is 0. The number of halogens is 13. The summed E-state index contributed by atoms with van der Waals surface area (Å²) in [5, 5.41) is 0. The molecule has 15 heteroatoms. The predicted molar refractivity (Wildman–Crippen MR) is 79.6 cm³/mol. The summed E-state index contributed by atoms with van der Waals surface area (Å²) < 4.78 is 172.